The van der Waals surface area contributed by atoms with Gasteiger partial charge >= 0.3 is 8.56 Å². The first-order valence-corrected chi connectivity index (χ1v) is 7.58. The molecule has 4 heteroatoms. The molecular formula is C7H17BrO2Si. The largest absolute Gasteiger partial charge is 0.398 e. The zero-order valence-electron chi connectivity index (χ0n) is 7.52. The van der Waals surface area contributed by atoms with Crippen molar-refractivity contribution in [1.82, 2.24) is 0 Å². The molecule has 0 spiro atoms. The standard InChI is InChI=1S/C7H17BrO2Si/c1-4-5-6-11(3,9-2)10-7-8/h4-7H2,1-3H3. The minimum absolute atomic E-state index is 0.591. The van der Waals surface area contributed by atoms with Crippen LogP contribution in [-0.2, 0) is 8.85 Å². The number of unbranched alkanes of at least 4 members (excludes halogenated alkanes) is 1. The number of hydrogen-bond acceptors (Lipinski definition) is 2. The molecule has 0 saturated carbocycles. The van der Waals surface area contributed by atoms with E-state index >= 15 is 0 Å². The summed E-state index contributed by atoms with van der Waals surface area (Å²) in [6.07, 6.45) is 2.40. The van der Waals surface area contributed by atoms with E-state index in [2.05, 4.69) is 29.4 Å². The fourth-order valence-electron chi connectivity index (χ4n) is 0.846. The van der Waals surface area contributed by atoms with Gasteiger partial charge in [0.1, 0.15) is 0 Å². The predicted molar refractivity (Wildman–Crippen MR) is 53.2 cm³/mol. The number of alkyl halides is 1. The van der Waals surface area contributed by atoms with Gasteiger partial charge in [0.25, 0.3) is 0 Å². The summed E-state index contributed by atoms with van der Waals surface area (Å²) in [4.78, 5) is 0. The predicted octanol–water partition coefficient (Wildman–Crippen LogP) is 2.87. The second-order valence-electron chi connectivity index (χ2n) is 2.69. The molecule has 2 nitrogen and oxygen atoms in total. The lowest BCUT2D eigenvalue weighted by molar-refractivity contribution is 0.241. The van der Waals surface area contributed by atoms with Crippen molar-refractivity contribution < 1.29 is 8.85 Å². The highest BCUT2D eigenvalue weighted by Gasteiger charge is 2.28. The average Bonchev–Trinajstić information content (AvgIpc) is 2.02. The van der Waals surface area contributed by atoms with E-state index in [-0.39, 0.29) is 0 Å². The topological polar surface area (TPSA) is 18.5 Å². The molecule has 0 rings (SSSR count). The van der Waals surface area contributed by atoms with Gasteiger partial charge in [0.05, 0.1) is 5.52 Å². The summed E-state index contributed by atoms with van der Waals surface area (Å²) < 4.78 is 10.9. The van der Waals surface area contributed by atoms with Crippen molar-refractivity contribution >= 4 is 24.5 Å². The number of halogens is 1. The van der Waals surface area contributed by atoms with Crippen LogP contribution in [0.1, 0.15) is 19.8 Å². The maximum Gasteiger partial charge on any atom is 0.335 e. The fourth-order valence-corrected chi connectivity index (χ4v) is 3.99. The van der Waals surface area contributed by atoms with Crippen LogP contribution in [0.3, 0.4) is 0 Å². The minimum atomic E-state index is -1.79. The molecule has 0 aromatic rings. The first-order chi connectivity index (χ1) is 5.18. The van der Waals surface area contributed by atoms with Crippen LogP contribution in [0.5, 0.6) is 0 Å². The molecule has 0 N–H and O–H groups in total. The third-order valence-corrected chi connectivity index (χ3v) is 5.31. The van der Waals surface area contributed by atoms with Crippen molar-refractivity contribution in [2.24, 2.45) is 0 Å². The van der Waals surface area contributed by atoms with Crippen LogP contribution in [0.2, 0.25) is 12.6 Å². The Morgan fingerprint density at radius 1 is 1.45 bits per heavy atom. The molecular weight excluding hydrogens is 224 g/mol. The van der Waals surface area contributed by atoms with Gasteiger partial charge in [-0.2, -0.15) is 0 Å². The maximum absolute atomic E-state index is 5.51. The van der Waals surface area contributed by atoms with Gasteiger partial charge in [-0.15, -0.1) is 0 Å². The summed E-state index contributed by atoms with van der Waals surface area (Å²) in [6, 6.07) is 1.09. The Balaban J connectivity index is 3.68. The van der Waals surface area contributed by atoms with Crippen molar-refractivity contribution in [1.29, 1.82) is 0 Å². The lowest BCUT2D eigenvalue weighted by Crippen LogP contribution is -2.36. The van der Waals surface area contributed by atoms with E-state index < -0.39 is 8.56 Å². The quantitative estimate of drug-likeness (QED) is 0.526. The van der Waals surface area contributed by atoms with Crippen LogP contribution in [-0.4, -0.2) is 21.2 Å². The van der Waals surface area contributed by atoms with Crippen molar-refractivity contribution in [2.45, 2.75) is 32.4 Å². The molecule has 0 bridgehead atoms. The van der Waals surface area contributed by atoms with Gasteiger partial charge in [0.15, 0.2) is 0 Å². The molecule has 11 heavy (non-hydrogen) atoms. The van der Waals surface area contributed by atoms with Gasteiger partial charge in [0, 0.05) is 7.11 Å². The molecule has 0 aliphatic heterocycles. The molecule has 68 valence electrons. The molecule has 0 fully saturated rings. The van der Waals surface area contributed by atoms with Gasteiger partial charge in [-0.25, -0.2) is 0 Å². The second-order valence-corrected chi connectivity index (χ2v) is 6.62. The smallest absolute Gasteiger partial charge is 0.335 e. The highest BCUT2D eigenvalue weighted by Crippen LogP contribution is 2.16. The molecule has 0 aliphatic carbocycles. The zero-order chi connectivity index (χ0) is 8.74. The summed E-state index contributed by atoms with van der Waals surface area (Å²) in [5, 5.41) is 0. The van der Waals surface area contributed by atoms with E-state index in [4.69, 9.17) is 8.85 Å². The summed E-state index contributed by atoms with van der Waals surface area (Å²) in [5.41, 5.74) is 0.591. The maximum atomic E-state index is 5.51. The lowest BCUT2D eigenvalue weighted by Gasteiger charge is -2.23. The molecule has 0 aromatic carbocycles. The first-order valence-electron chi connectivity index (χ1n) is 3.93. The second kappa shape index (κ2) is 6.17. The Hall–Kier alpha value is 0.617. The van der Waals surface area contributed by atoms with Crippen LogP contribution in [0.4, 0.5) is 0 Å². The van der Waals surface area contributed by atoms with E-state index in [1.54, 1.807) is 7.11 Å². The molecule has 0 heterocycles. The van der Waals surface area contributed by atoms with Crippen molar-refractivity contribution in [3.63, 3.8) is 0 Å². The Morgan fingerprint density at radius 3 is 2.45 bits per heavy atom. The van der Waals surface area contributed by atoms with Crippen LogP contribution >= 0.6 is 15.9 Å². The highest BCUT2D eigenvalue weighted by molar-refractivity contribution is 9.09. The molecule has 1 atom stereocenters. The molecule has 1 unspecified atom stereocenters. The van der Waals surface area contributed by atoms with Crippen molar-refractivity contribution in [2.75, 3.05) is 12.6 Å². The van der Waals surface area contributed by atoms with Crippen LogP contribution in [0.15, 0.2) is 0 Å². The first kappa shape index (κ1) is 11.6. The van der Waals surface area contributed by atoms with Crippen molar-refractivity contribution in [3.05, 3.63) is 0 Å². The molecule has 0 radical (unpaired) electrons. The fraction of sp³-hybridized carbons (Fsp3) is 1.00. The van der Waals surface area contributed by atoms with E-state index in [9.17, 15) is 0 Å². The minimum Gasteiger partial charge on any atom is -0.398 e. The Labute approximate surface area is 78.7 Å². The summed E-state index contributed by atoms with van der Waals surface area (Å²) >= 11 is 3.25. The van der Waals surface area contributed by atoms with Crippen LogP contribution in [0.25, 0.3) is 0 Å². The molecule has 0 amide bonds. The van der Waals surface area contributed by atoms with E-state index in [1.165, 1.54) is 12.8 Å². The van der Waals surface area contributed by atoms with E-state index in [0.29, 0.717) is 5.52 Å². The van der Waals surface area contributed by atoms with E-state index in [0.717, 1.165) is 6.04 Å². The van der Waals surface area contributed by atoms with Crippen molar-refractivity contribution in [3.8, 4) is 0 Å². The van der Waals surface area contributed by atoms with Gasteiger partial charge in [0.2, 0.25) is 0 Å². The SMILES string of the molecule is CCCC[Si](C)(OC)OCBr. The summed E-state index contributed by atoms with van der Waals surface area (Å²) in [7, 11) is -0.0506. The Bertz CT molecular complexity index is 102. The van der Waals surface area contributed by atoms with E-state index in [1.807, 2.05) is 0 Å². The molecule has 0 aliphatic rings. The highest BCUT2D eigenvalue weighted by atomic mass is 79.9. The Morgan fingerprint density at radius 2 is 2.09 bits per heavy atom. The van der Waals surface area contributed by atoms with Gasteiger partial charge in [-0.1, -0.05) is 35.7 Å². The van der Waals surface area contributed by atoms with Gasteiger partial charge in [-0.05, 0) is 12.6 Å². The molecule has 0 saturated heterocycles. The van der Waals surface area contributed by atoms with Crippen LogP contribution in [0, 0.1) is 0 Å². The van der Waals surface area contributed by atoms with Gasteiger partial charge < -0.3 is 8.85 Å². The third-order valence-electron chi connectivity index (χ3n) is 1.78. The normalized spacial score (nSPS) is 16.4. The molecule has 0 aromatic heterocycles. The zero-order valence-corrected chi connectivity index (χ0v) is 10.1. The summed E-state index contributed by atoms with van der Waals surface area (Å²) in [6.45, 7) is 4.28. The summed E-state index contributed by atoms with van der Waals surface area (Å²) in [5.74, 6) is 0. The number of hydrogen-bond donors (Lipinski definition) is 0. The number of rotatable bonds is 6. The third kappa shape index (κ3) is 4.95. The Kier molecular flexibility index (Phi) is 6.51. The lowest BCUT2D eigenvalue weighted by atomic mass is 10.4. The monoisotopic (exact) mass is 240 g/mol. The van der Waals surface area contributed by atoms with Crippen LogP contribution < -0.4 is 0 Å². The van der Waals surface area contributed by atoms with Gasteiger partial charge in [-0.3, -0.25) is 0 Å². The average molecular weight is 241 g/mol.